The molecule has 0 fully saturated rings. The maximum atomic E-state index is 13.4. The lowest BCUT2D eigenvalue weighted by molar-refractivity contribution is 0.0988. The first kappa shape index (κ1) is 17.6. The van der Waals surface area contributed by atoms with Gasteiger partial charge in [-0.3, -0.25) is 19.8 Å². The molecule has 0 unspecified atom stereocenters. The summed E-state index contributed by atoms with van der Waals surface area (Å²) < 4.78 is 0. The van der Waals surface area contributed by atoms with Crippen LogP contribution in [-0.2, 0) is 0 Å². The molecule has 1 aliphatic rings. The van der Waals surface area contributed by atoms with E-state index in [0.717, 1.165) is 33.6 Å². The van der Waals surface area contributed by atoms with Crippen molar-refractivity contribution in [1.29, 1.82) is 0 Å². The minimum absolute atomic E-state index is 0.106. The van der Waals surface area contributed by atoms with Gasteiger partial charge in [0.1, 0.15) is 5.69 Å². The highest BCUT2D eigenvalue weighted by atomic mass is 35.5. The number of carbonyl (C=O) groups excluding carboxylic acids is 1. The number of hydrogen-bond acceptors (Lipinski definition) is 3. The number of nitrogens with one attached hydrogen (secondary N) is 1. The van der Waals surface area contributed by atoms with Gasteiger partial charge in [0.05, 0.1) is 11.7 Å². The highest BCUT2D eigenvalue weighted by molar-refractivity contribution is 6.30. The van der Waals surface area contributed by atoms with Crippen LogP contribution in [0.4, 0.5) is 5.69 Å². The van der Waals surface area contributed by atoms with E-state index in [2.05, 4.69) is 15.2 Å². The molecular weight excluding hydrogens is 384 g/mol. The van der Waals surface area contributed by atoms with Crippen LogP contribution in [0.25, 0.3) is 11.3 Å². The molecule has 1 aliphatic heterocycles. The van der Waals surface area contributed by atoms with Crippen LogP contribution in [0.2, 0.25) is 5.02 Å². The van der Waals surface area contributed by atoms with Gasteiger partial charge in [0.2, 0.25) is 0 Å². The molecule has 1 atom stereocenters. The van der Waals surface area contributed by atoms with Crippen LogP contribution in [0.3, 0.4) is 0 Å². The maximum absolute atomic E-state index is 13.4. The Morgan fingerprint density at radius 3 is 2.48 bits per heavy atom. The standard InChI is InChI=1S/C23H17ClN4O/c1-14-4-10-18(11-5-14)28-22(16-3-2-12-25-13-16)19-20(26-27-21(19)23(28)29)15-6-8-17(24)9-7-15/h2-13,22H,1H3,(H,26,27)/t22-/m1/s1. The first-order valence-electron chi connectivity index (χ1n) is 9.28. The third kappa shape index (κ3) is 2.91. The second kappa shape index (κ2) is 6.87. The van der Waals surface area contributed by atoms with Gasteiger partial charge in [-0.2, -0.15) is 5.10 Å². The fourth-order valence-electron chi connectivity index (χ4n) is 3.80. The molecule has 6 heteroatoms. The fourth-order valence-corrected chi connectivity index (χ4v) is 3.93. The second-order valence-electron chi connectivity index (χ2n) is 7.07. The van der Waals surface area contributed by atoms with Crippen LogP contribution < -0.4 is 4.90 Å². The number of halogens is 1. The molecule has 4 aromatic rings. The molecule has 0 bridgehead atoms. The van der Waals surface area contributed by atoms with E-state index < -0.39 is 0 Å². The number of aromatic amines is 1. The normalized spacial score (nSPS) is 15.6. The number of anilines is 1. The number of hydrogen-bond donors (Lipinski definition) is 1. The maximum Gasteiger partial charge on any atom is 0.277 e. The van der Waals surface area contributed by atoms with Gasteiger partial charge >= 0.3 is 0 Å². The van der Waals surface area contributed by atoms with Gasteiger partial charge in [-0.1, -0.05) is 47.5 Å². The van der Waals surface area contributed by atoms with Crippen LogP contribution in [0.5, 0.6) is 0 Å². The summed E-state index contributed by atoms with van der Waals surface area (Å²) in [5.41, 5.74) is 5.90. The Balaban J connectivity index is 1.71. The summed E-state index contributed by atoms with van der Waals surface area (Å²) in [6, 6.07) is 19.0. The molecule has 5 nitrogen and oxygen atoms in total. The third-order valence-corrected chi connectivity index (χ3v) is 5.45. The Kier molecular flexibility index (Phi) is 4.18. The number of benzene rings is 2. The van der Waals surface area contributed by atoms with Gasteiger partial charge < -0.3 is 0 Å². The number of rotatable bonds is 3. The molecule has 0 radical (unpaired) electrons. The zero-order chi connectivity index (χ0) is 20.0. The van der Waals surface area contributed by atoms with Crippen LogP contribution in [-0.4, -0.2) is 21.1 Å². The zero-order valence-electron chi connectivity index (χ0n) is 15.6. The number of pyridine rings is 1. The average Bonchev–Trinajstić information content (AvgIpc) is 3.29. The Hall–Kier alpha value is -3.44. The smallest absolute Gasteiger partial charge is 0.277 e. The molecule has 142 valence electrons. The van der Waals surface area contributed by atoms with Gasteiger partial charge in [-0.25, -0.2) is 0 Å². The number of H-pyrrole nitrogens is 1. The van der Waals surface area contributed by atoms with E-state index in [9.17, 15) is 4.79 Å². The molecule has 29 heavy (non-hydrogen) atoms. The summed E-state index contributed by atoms with van der Waals surface area (Å²) in [4.78, 5) is 19.5. The van der Waals surface area contributed by atoms with E-state index >= 15 is 0 Å². The second-order valence-corrected chi connectivity index (χ2v) is 7.50. The van der Waals surface area contributed by atoms with Crippen molar-refractivity contribution in [3.05, 3.63) is 100 Å². The van der Waals surface area contributed by atoms with Gasteiger partial charge in [0, 0.05) is 34.2 Å². The molecule has 0 aliphatic carbocycles. The van der Waals surface area contributed by atoms with Crippen molar-refractivity contribution in [2.45, 2.75) is 13.0 Å². The number of amides is 1. The van der Waals surface area contributed by atoms with Gasteiger partial charge in [-0.05, 0) is 42.8 Å². The Bertz CT molecular complexity index is 1180. The summed E-state index contributed by atoms with van der Waals surface area (Å²) in [6.45, 7) is 2.03. The molecule has 3 heterocycles. The van der Waals surface area contributed by atoms with Crippen molar-refractivity contribution in [2.75, 3.05) is 4.90 Å². The molecule has 1 N–H and O–H groups in total. The molecule has 0 spiro atoms. The monoisotopic (exact) mass is 400 g/mol. The lowest BCUT2D eigenvalue weighted by Gasteiger charge is -2.26. The van der Waals surface area contributed by atoms with E-state index in [1.807, 2.05) is 67.6 Å². The number of fused-ring (bicyclic) bond motifs is 1. The first-order valence-corrected chi connectivity index (χ1v) is 9.65. The summed E-state index contributed by atoms with van der Waals surface area (Å²) in [6.07, 6.45) is 3.53. The Morgan fingerprint density at radius 2 is 1.79 bits per heavy atom. The van der Waals surface area contributed by atoms with E-state index in [0.29, 0.717) is 10.7 Å². The van der Waals surface area contributed by atoms with Crippen molar-refractivity contribution in [3.63, 3.8) is 0 Å². The summed E-state index contributed by atoms with van der Waals surface area (Å²) >= 11 is 6.06. The van der Waals surface area contributed by atoms with Crippen molar-refractivity contribution in [2.24, 2.45) is 0 Å². The SMILES string of the molecule is Cc1ccc(N2C(=O)c3[nH]nc(-c4ccc(Cl)cc4)c3[C@H]2c2cccnc2)cc1. The molecule has 1 amide bonds. The molecular formula is C23H17ClN4O. The van der Waals surface area contributed by atoms with E-state index in [-0.39, 0.29) is 11.9 Å². The lowest BCUT2D eigenvalue weighted by atomic mass is 9.97. The van der Waals surface area contributed by atoms with Crippen LogP contribution in [0.1, 0.15) is 33.2 Å². The largest absolute Gasteiger partial charge is 0.295 e. The molecule has 2 aromatic heterocycles. The lowest BCUT2D eigenvalue weighted by Crippen LogP contribution is -2.29. The van der Waals surface area contributed by atoms with Crippen LogP contribution in [0, 0.1) is 6.92 Å². The first-order chi connectivity index (χ1) is 14.1. The number of aryl methyl sites for hydroxylation is 1. The summed E-state index contributed by atoms with van der Waals surface area (Å²) in [5.74, 6) is -0.106. The van der Waals surface area contributed by atoms with Gasteiger partial charge in [0.15, 0.2) is 0 Å². The minimum Gasteiger partial charge on any atom is -0.295 e. The Morgan fingerprint density at radius 1 is 1.03 bits per heavy atom. The number of aromatic nitrogens is 3. The summed E-state index contributed by atoms with van der Waals surface area (Å²) in [7, 11) is 0. The van der Waals surface area contributed by atoms with Crippen molar-refractivity contribution < 1.29 is 4.79 Å². The zero-order valence-corrected chi connectivity index (χ0v) is 16.4. The minimum atomic E-state index is -0.321. The van der Waals surface area contributed by atoms with Crippen LogP contribution in [0.15, 0.2) is 73.1 Å². The number of nitrogens with zero attached hydrogens (tertiary/aromatic N) is 3. The predicted molar refractivity (Wildman–Crippen MR) is 113 cm³/mol. The third-order valence-electron chi connectivity index (χ3n) is 5.20. The molecule has 2 aromatic carbocycles. The highest BCUT2D eigenvalue weighted by Gasteiger charge is 2.43. The summed E-state index contributed by atoms with van der Waals surface area (Å²) in [5, 5.41) is 8.09. The molecule has 0 saturated heterocycles. The number of carbonyl (C=O) groups is 1. The average molecular weight is 401 g/mol. The quantitative estimate of drug-likeness (QED) is 0.515. The Labute approximate surface area is 173 Å². The molecule has 0 saturated carbocycles. The fraction of sp³-hybridized carbons (Fsp3) is 0.0870. The van der Waals surface area contributed by atoms with Gasteiger partial charge in [0.25, 0.3) is 5.91 Å². The van der Waals surface area contributed by atoms with Crippen molar-refractivity contribution in [3.8, 4) is 11.3 Å². The van der Waals surface area contributed by atoms with Crippen LogP contribution >= 0.6 is 11.6 Å². The van der Waals surface area contributed by atoms with Crippen molar-refractivity contribution >= 4 is 23.2 Å². The van der Waals surface area contributed by atoms with E-state index in [1.165, 1.54) is 0 Å². The van der Waals surface area contributed by atoms with E-state index in [4.69, 9.17) is 11.6 Å². The van der Waals surface area contributed by atoms with Crippen molar-refractivity contribution in [1.82, 2.24) is 15.2 Å². The predicted octanol–water partition coefficient (Wildman–Crippen LogP) is 5.18. The highest BCUT2D eigenvalue weighted by Crippen LogP contribution is 2.44. The van der Waals surface area contributed by atoms with E-state index in [1.54, 1.807) is 17.3 Å². The van der Waals surface area contributed by atoms with Gasteiger partial charge in [-0.15, -0.1) is 0 Å². The molecule has 5 rings (SSSR count). The topological polar surface area (TPSA) is 61.9 Å².